The second-order valence-corrected chi connectivity index (χ2v) is 4.98. The fourth-order valence-corrected chi connectivity index (χ4v) is 2.61. The second kappa shape index (κ2) is 5.83. The van der Waals surface area contributed by atoms with Gasteiger partial charge in [-0.25, -0.2) is 0 Å². The first-order valence-electron chi connectivity index (χ1n) is 6.17. The highest BCUT2D eigenvalue weighted by atomic mass is 16.5. The summed E-state index contributed by atoms with van der Waals surface area (Å²) in [4.78, 5) is 0. The van der Waals surface area contributed by atoms with Gasteiger partial charge in [0.15, 0.2) is 0 Å². The Morgan fingerprint density at radius 2 is 2.07 bits per heavy atom. The molecule has 90 valence electrons. The number of nitrogens with one attached hydrogen (secondary N) is 1. The lowest BCUT2D eigenvalue weighted by atomic mass is 9.86. The Morgan fingerprint density at radius 1 is 1.47 bits per heavy atom. The first-order chi connectivity index (χ1) is 7.16. The third kappa shape index (κ3) is 3.16. The molecule has 0 aliphatic heterocycles. The van der Waals surface area contributed by atoms with E-state index in [0.717, 1.165) is 18.8 Å². The van der Waals surface area contributed by atoms with Gasteiger partial charge in [0.25, 0.3) is 0 Å². The van der Waals surface area contributed by atoms with E-state index in [9.17, 15) is 0 Å². The molecule has 0 aromatic carbocycles. The van der Waals surface area contributed by atoms with E-state index in [2.05, 4.69) is 19.3 Å². The van der Waals surface area contributed by atoms with Crippen molar-refractivity contribution in [2.45, 2.75) is 64.0 Å². The topological polar surface area (TPSA) is 47.3 Å². The van der Waals surface area contributed by atoms with E-state index in [-0.39, 0.29) is 11.6 Å². The first kappa shape index (κ1) is 12.9. The number of hydrogen-bond donors (Lipinski definition) is 2. The van der Waals surface area contributed by atoms with Gasteiger partial charge in [-0.2, -0.15) is 0 Å². The van der Waals surface area contributed by atoms with E-state index >= 15 is 0 Å². The SMILES string of the molecule is CCC(C)(OC)C(CC1CCCC1)NN. The van der Waals surface area contributed by atoms with Crippen molar-refractivity contribution in [1.82, 2.24) is 5.43 Å². The summed E-state index contributed by atoms with van der Waals surface area (Å²) in [6.45, 7) is 4.30. The van der Waals surface area contributed by atoms with Crippen LogP contribution in [0.15, 0.2) is 0 Å². The molecule has 0 aromatic heterocycles. The van der Waals surface area contributed by atoms with Crippen LogP contribution in [0, 0.1) is 5.92 Å². The molecule has 3 nitrogen and oxygen atoms in total. The van der Waals surface area contributed by atoms with E-state index in [0.29, 0.717) is 0 Å². The van der Waals surface area contributed by atoms with Crippen LogP contribution in [0.3, 0.4) is 0 Å². The van der Waals surface area contributed by atoms with Crippen LogP contribution in [0.2, 0.25) is 0 Å². The van der Waals surface area contributed by atoms with Crippen molar-refractivity contribution in [3.05, 3.63) is 0 Å². The Kier molecular flexibility index (Phi) is 5.03. The molecule has 2 unspecified atom stereocenters. The van der Waals surface area contributed by atoms with Crippen LogP contribution in [0.5, 0.6) is 0 Å². The van der Waals surface area contributed by atoms with Crippen molar-refractivity contribution in [3.8, 4) is 0 Å². The minimum atomic E-state index is -0.128. The zero-order valence-corrected chi connectivity index (χ0v) is 10.4. The van der Waals surface area contributed by atoms with Crippen molar-refractivity contribution in [3.63, 3.8) is 0 Å². The molecule has 0 bridgehead atoms. The summed E-state index contributed by atoms with van der Waals surface area (Å²) in [7, 11) is 1.78. The maximum Gasteiger partial charge on any atom is 0.0813 e. The zero-order chi connectivity index (χ0) is 11.3. The Hall–Kier alpha value is -0.120. The van der Waals surface area contributed by atoms with Crippen LogP contribution in [0.1, 0.15) is 52.4 Å². The Labute approximate surface area is 93.7 Å². The van der Waals surface area contributed by atoms with Gasteiger partial charge in [-0.15, -0.1) is 0 Å². The van der Waals surface area contributed by atoms with Gasteiger partial charge < -0.3 is 4.74 Å². The Balaban J connectivity index is 2.52. The van der Waals surface area contributed by atoms with E-state index < -0.39 is 0 Å². The zero-order valence-electron chi connectivity index (χ0n) is 10.4. The highest BCUT2D eigenvalue weighted by molar-refractivity contribution is 4.89. The summed E-state index contributed by atoms with van der Waals surface area (Å²) < 4.78 is 5.61. The van der Waals surface area contributed by atoms with Gasteiger partial charge in [0, 0.05) is 7.11 Å². The van der Waals surface area contributed by atoms with Gasteiger partial charge in [-0.05, 0) is 25.7 Å². The largest absolute Gasteiger partial charge is 0.377 e. The minimum absolute atomic E-state index is 0.128. The van der Waals surface area contributed by atoms with Crippen molar-refractivity contribution in [2.24, 2.45) is 11.8 Å². The molecule has 1 aliphatic carbocycles. The second-order valence-electron chi connectivity index (χ2n) is 4.98. The molecule has 1 rings (SSSR count). The molecule has 15 heavy (non-hydrogen) atoms. The van der Waals surface area contributed by atoms with Crippen molar-refractivity contribution >= 4 is 0 Å². The highest BCUT2D eigenvalue weighted by Crippen LogP contribution is 2.32. The van der Waals surface area contributed by atoms with Crippen molar-refractivity contribution in [1.29, 1.82) is 0 Å². The third-order valence-corrected chi connectivity index (χ3v) is 4.15. The van der Waals surface area contributed by atoms with Crippen LogP contribution in [0.25, 0.3) is 0 Å². The van der Waals surface area contributed by atoms with Crippen LogP contribution >= 0.6 is 0 Å². The van der Waals surface area contributed by atoms with Gasteiger partial charge in [0.05, 0.1) is 11.6 Å². The lowest BCUT2D eigenvalue weighted by Gasteiger charge is -2.36. The highest BCUT2D eigenvalue weighted by Gasteiger charge is 2.34. The monoisotopic (exact) mass is 214 g/mol. The summed E-state index contributed by atoms with van der Waals surface area (Å²) in [5.74, 6) is 6.50. The lowest BCUT2D eigenvalue weighted by Crippen LogP contribution is -2.53. The maximum absolute atomic E-state index is 5.66. The number of methoxy groups -OCH3 is 1. The standard InChI is InChI=1S/C12H26N2O/c1-4-12(2,15-3)11(14-13)9-10-7-5-6-8-10/h10-11,14H,4-9,13H2,1-3H3. The number of hydrogen-bond acceptors (Lipinski definition) is 3. The summed E-state index contributed by atoms with van der Waals surface area (Å²) in [6, 6.07) is 0.274. The smallest absolute Gasteiger partial charge is 0.0813 e. The minimum Gasteiger partial charge on any atom is -0.377 e. The molecule has 1 aliphatic rings. The molecule has 3 N–H and O–H groups in total. The average molecular weight is 214 g/mol. The summed E-state index contributed by atoms with van der Waals surface area (Å²) in [5.41, 5.74) is 2.82. The normalized spacial score (nSPS) is 24.0. The predicted molar refractivity (Wildman–Crippen MR) is 63.4 cm³/mol. The number of rotatable bonds is 6. The predicted octanol–water partition coefficient (Wildman–Crippen LogP) is 2.21. The third-order valence-electron chi connectivity index (χ3n) is 4.15. The number of hydrazine groups is 1. The fraction of sp³-hybridized carbons (Fsp3) is 1.00. The van der Waals surface area contributed by atoms with Crippen LogP contribution in [-0.2, 0) is 4.74 Å². The average Bonchev–Trinajstić information content (AvgIpc) is 2.77. The summed E-state index contributed by atoms with van der Waals surface area (Å²) in [5, 5.41) is 0. The number of ether oxygens (including phenoxy) is 1. The summed E-state index contributed by atoms with van der Waals surface area (Å²) in [6.07, 6.45) is 7.64. The first-order valence-corrected chi connectivity index (χ1v) is 6.17. The molecular weight excluding hydrogens is 188 g/mol. The van der Waals surface area contributed by atoms with E-state index in [1.54, 1.807) is 7.11 Å². The van der Waals surface area contributed by atoms with Gasteiger partial charge in [-0.3, -0.25) is 11.3 Å². The van der Waals surface area contributed by atoms with Crippen LogP contribution < -0.4 is 11.3 Å². The Bertz CT molecular complexity index is 174. The van der Waals surface area contributed by atoms with Crippen LogP contribution in [-0.4, -0.2) is 18.8 Å². The quantitative estimate of drug-likeness (QED) is 0.526. The van der Waals surface area contributed by atoms with E-state index in [1.807, 2.05) is 0 Å². The molecule has 0 spiro atoms. The van der Waals surface area contributed by atoms with Crippen LogP contribution in [0.4, 0.5) is 0 Å². The molecule has 1 saturated carbocycles. The van der Waals surface area contributed by atoms with Crippen molar-refractivity contribution in [2.75, 3.05) is 7.11 Å². The lowest BCUT2D eigenvalue weighted by molar-refractivity contribution is -0.0349. The number of nitrogens with two attached hydrogens (primary N) is 1. The van der Waals surface area contributed by atoms with Gasteiger partial charge >= 0.3 is 0 Å². The molecule has 2 atom stereocenters. The van der Waals surface area contributed by atoms with Gasteiger partial charge in [0.1, 0.15) is 0 Å². The Morgan fingerprint density at radius 3 is 2.47 bits per heavy atom. The molecule has 0 amide bonds. The molecule has 0 heterocycles. The van der Waals surface area contributed by atoms with E-state index in [1.165, 1.54) is 25.7 Å². The summed E-state index contributed by atoms with van der Waals surface area (Å²) >= 11 is 0. The maximum atomic E-state index is 5.66. The van der Waals surface area contributed by atoms with Gasteiger partial charge in [-0.1, -0.05) is 32.6 Å². The molecule has 0 radical (unpaired) electrons. The molecule has 1 fully saturated rings. The molecule has 3 heteroatoms. The molecule has 0 aromatic rings. The van der Waals surface area contributed by atoms with Crippen molar-refractivity contribution < 1.29 is 4.74 Å². The molecule has 0 saturated heterocycles. The van der Waals surface area contributed by atoms with E-state index in [4.69, 9.17) is 10.6 Å². The fourth-order valence-electron chi connectivity index (χ4n) is 2.61. The van der Waals surface area contributed by atoms with Gasteiger partial charge in [0.2, 0.25) is 0 Å². The molecular formula is C12H26N2O.